The largest absolute Gasteiger partial charge is 0.447 e. The van der Waals surface area contributed by atoms with Crippen LogP contribution in [0.4, 0.5) is 16.2 Å². The molecule has 0 saturated carbocycles. The predicted molar refractivity (Wildman–Crippen MR) is 75.9 cm³/mol. The van der Waals surface area contributed by atoms with Gasteiger partial charge in [-0.05, 0) is 24.3 Å². The molecule has 0 atom stereocenters. The number of benzene rings is 1. The van der Waals surface area contributed by atoms with Gasteiger partial charge in [0.2, 0.25) is 5.91 Å². The molecule has 7 heteroatoms. The summed E-state index contributed by atoms with van der Waals surface area (Å²) >= 11 is 0. The third-order valence-electron chi connectivity index (χ3n) is 3.46. The lowest BCUT2D eigenvalue weighted by Crippen LogP contribution is -2.33. The Morgan fingerprint density at radius 1 is 1.09 bits per heavy atom. The maximum Gasteiger partial charge on any atom is 0.414 e. The number of carbonyl (C=O) groups excluding carboxylic acids is 3. The number of ether oxygens (including phenoxy) is 1. The Labute approximate surface area is 126 Å². The third-order valence-corrected chi connectivity index (χ3v) is 3.46. The molecule has 2 aliphatic rings. The van der Waals surface area contributed by atoms with E-state index in [4.69, 9.17) is 10.00 Å². The second-order valence-corrected chi connectivity index (χ2v) is 4.80. The fourth-order valence-electron chi connectivity index (χ4n) is 2.32. The van der Waals surface area contributed by atoms with Gasteiger partial charge in [-0.15, -0.1) is 0 Å². The fraction of sp³-hybridized carbons (Fsp3) is 0.200. The van der Waals surface area contributed by atoms with Crippen LogP contribution in [0.3, 0.4) is 0 Å². The average Bonchev–Trinajstić information content (AvgIpc) is 2.94. The van der Waals surface area contributed by atoms with Crippen LogP contribution >= 0.6 is 0 Å². The fourth-order valence-corrected chi connectivity index (χ4v) is 2.32. The smallest absolute Gasteiger partial charge is 0.414 e. The van der Waals surface area contributed by atoms with E-state index in [-0.39, 0.29) is 12.0 Å². The van der Waals surface area contributed by atoms with Gasteiger partial charge in [0.25, 0.3) is 0 Å². The van der Waals surface area contributed by atoms with Crippen LogP contribution in [0, 0.1) is 11.3 Å². The van der Waals surface area contributed by atoms with Crippen LogP contribution in [-0.4, -0.2) is 30.9 Å². The predicted octanol–water partition coefficient (Wildman–Crippen LogP) is 1.36. The Hall–Kier alpha value is -3.14. The summed E-state index contributed by atoms with van der Waals surface area (Å²) in [6.07, 6.45) is 0.520. The van der Waals surface area contributed by atoms with Crippen LogP contribution in [0.2, 0.25) is 0 Å². The molecule has 0 N–H and O–H groups in total. The van der Waals surface area contributed by atoms with Crippen molar-refractivity contribution < 1.29 is 19.1 Å². The number of amides is 2. The number of nitrogens with zero attached hydrogens (tertiary/aromatic N) is 3. The molecule has 2 heterocycles. The second-order valence-electron chi connectivity index (χ2n) is 4.80. The molecular weight excluding hydrogens is 286 g/mol. The molecule has 1 fully saturated rings. The van der Waals surface area contributed by atoms with E-state index in [0.29, 0.717) is 24.5 Å². The van der Waals surface area contributed by atoms with Crippen LogP contribution < -0.4 is 9.80 Å². The van der Waals surface area contributed by atoms with Gasteiger partial charge in [0, 0.05) is 17.6 Å². The van der Waals surface area contributed by atoms with Crippen LogP contribution in [0.5, 0.6) is 0 Å². The van der Waals surface area contributed by atoms with E-state index in [0.717, 1.165) is 0 Å². The monoisotopic (exact) mass is 297 g/mol. The first-order valence-electron chi connectivity index (χ1n) is 6.61. The Bertz CT molecular complexity index is 730. The van der Waals surface area contributed by atoms with Gasteiger partial charge in [0.1, 0.15) is 18.2 Å². The molecule has 1 aromatic rings. The summed E-state index contributed by atoms with van der Waals surface area (Å²) in [6, 6.07) is 8.46. The highest BCUT2D eigenvalue weighted by atomic mass is 16.6. The van der Waals surface area contributed by atoms with Crippen molar-refractivity contribution in [3.63, 3.8) is 0 Å². The maximum absolute atomic E-state index is 11.9. The first-order valence-corrected chi connectivity index (χ1v) is 6.61. The summed E-state index contributed by atoms with van der Waals surface area (Å²) in [5.74, 6) is -0.863. The maximum atomic E-state index is 11.9. The number of ketones is 1. The molecule has 0 unspecified atom stereocenters. The van der Waals surface area contributed by atoms with Crippen molar-refractivity contribution in [2.75, 3.05) is 23.0 Å². The molecule has 0 bridgehead atoms. The Morgan fingerprint density at radius 3 is 2.36 bits per heavy atom. The quantitative estimate of drug-likeness (QED) is 0.769. The minimum atomic E-state index is -0.472. The number of cyclic esters (lactones) is 1. The van der Waals surface area contributed by atoms with Crippen molar-refractivity contribution in [1.82, 2.24) is 0 Å². The molecule has 3 rings (SSSR count). The number of hydrogen-bond acceptors (Lipinski definition) is 5. The summed E-state index contributed by atoms with van der Waals surface area (Å²) in [5, 5.41) is 8.89. The van der Waals surface area contributed by atoms with Crippen LogP contribution in [0.15, 0.2) is 36.0 Å². The highest BCUT2D eigenvalue weighted by molar-refractivity contribution is 6.17. The number of hydrogen-bond donors (Lipinski definition) is 0. The average molecular weight is 297 g/mol. The van der Waals surface area contributed by atoms with E-state index in [1.165, 1.54) is 16.0 Å². The molecule has 7 nitrogen and oxygen atoms in total. The van der Waals surface area contributed by atoms with Crippen LogP contribution in [0.25, 0.3) is 0 Å². The molecule has 0 spiro atoms. The molecule has 0 aliphatic carbocycles. The van der Waals surface area contributed by atoms with Crippen molar-refractivity contribution in [3.8, 4) is 6.07 Å². The van der Waals surface area contributed by atoms with Gasteiger partial charge in [-0.1, -0.05) is 0 Å². The zero-order valence-corrected chi connectivity index (χ0v) is 11.5. The van der Waals surface area contributed by atoms with E-state index in [1.54, 1.807) is 30.3 Å². The van der Waals surface area contributed by atoms with Gasteiger partial charge in [-0.3, -0.25) is 19.4 Å². The van der Waals surface area contributed by atoms with Crippen LogP contribution in [0.1, 0.15) is 6.42 Å². The zero-order valence-electron chi connectivity index (χ0n) is 11.5. The molecule has 22 heavy (non-hydrogen) atoms. The molecule has 1 aromatic carbocycles. The summed E-state index contributed by atoms with van der Waals surface area (Å²) < 4.78 is 4.86. The Balaban J connectivity index is 1.88. The zero-order chi connectivity index (χ0) is 15.7. The summed E-state index contributed by atoms with van der Waals surface area (Å²) in [6.45, 7) is 0.829. The van der Waals surface area contributed by atoms with Gasteiger partial charge in [-0.2, -0.15) is 5.26 Å². The summed E-state index contributed by atoms with van der Waals surface area (Å²) in [7, 11) is 0. The van der Waals surface area contributed by atoms with Gasteiger partial charge in [0.15, 0.2) is 5.78 Å². The standard InChI is InChI=1S/C15H11N3O4/c16-8-10-9-18(14(20)7-13(10)19)12-3-1-11(2-4-12)17-5-6-22-15(17)21/h1-4,9H,5-7H2. The first kappa shape index (κ1) is 13.8. The van der Waals surface area contributed by atoms with E-state index in [1.807, 2.05) is 0 Å². The van der Waals surface area contributed by atoms with Gasteiger partial charge in [0.05, 0.1) is 13.0 Å². The van der Waals surface area contributed by atoms with Gasteiger partial charge in [-0.25, -0.2) is 4.79 Å². The summed E-state index contributed by atoms with van der Waals surface area (Å²) in [4.78, 5) is 37.7. The van der Waals surface area contributed by atoms with Crippen molar-refractivity contribution in [1.29, 1.82) is 5.26 Å². The van der Waals surface area contributed by atoms with E-state index >= 15 is 0 Å². The lowest BCUT2D eigenvalue weighted by Gasteiger charge is -2.23. The van der Waals surface area contributed by atoms with Crippen molar-refractivity contribution in [3.05, 3.63) is 36.0 Å². The highest BCUT2D eigenvalue weighted by Crippen LogP contribution is 2.26. The number of allylic oxidation sites excluding steroid dienone is 1. The van der Waals surface area contributed by atoms with E-state index in [9.17, 15) is 14.4 Å². The van der Waals surface area contributed by atoms with Crippen molar-refractivity contribution >= 4 is 29.2 Å². The number of Topliss-reactive ketones (excluding diaryl/α,β-unsaturated/α-hetero) is 1. The number of rotatable bonds is 2. The lowest BCUT2D eigenvalue weighted by atomic mass is 10.1. The highest BCUT2D eigenvalue weighted by Gasteiger charge is 2.27. The number of nitriles is 1. The molecule has 110 valence electrons. The molecule has 0 radical (unpaired) electrons. The Morgan fingerprint density at radius 2 is 1.77 bits per heavy atom. The molecule has 2 aliphatic heterocycles. The molecular formula is C15H11N3O4. The van der Waals surface area contributed by atoms with Gasteiger partial charge < -0.3 is 4.74 Å². The number of anilines is 2. The first-order chi connectivity index (χ1) is 10.6. The van der Waals surface area contributed by atoms with Crippen LogP contribution in [-0.2, 0) is 14.3 Å². The number of carbonyl (C=O) groups is 3. The van der Waals surface area contributed by atoms with Gasteiger partial charge >= 0.3 is 6.09 Å². The minimum Gasteiger partial charge on any atom is -0.447 e. The molecule has 1 saturated heterocycles. The lowest BCUT2D eigenvalue weighted by molar-refractivity contribution is -0.125. The molecule has 0 aromatic heterocycles. The van der Waals surface area contributed by atoms with Crippen molar-refractivity contribution in [2.45, 2.75) is 6.42 Å². The van der Waals surface area contributed by atoms with E-state index < -0.39 is 17.8 Å². The molecule has 2 amide bonds. The SMILES string of the molecule is N#CC1=CN(c2ccc(N3CCOC3=O)cc2)C(=O)CC1=O. The van der Waals surface area contributed by atoms with E-state index in [2.05, 4.69) is 0 Å². The van der Waals surface area contributed by atoms with Crippen molar-refractivity contribution in [2.24, 2.45) is 0 Å². The third kappa shape index (κ3) is 2.31. The Kier molecular flexibility index (Phi) is 3.35. The summed E-state index contributed by atoms with van der Waals surface area (Å²) in [5.41, 5.74) is 1.14. The normalized spacial score (nSPS) is 18.1. The minimum absolute atomic E-state index is 0.0493. The second kappa shape index (κ2) is 5.33. The topological polar surface area (TPSA) is 90.7 Å².